The molecule has 0 spiro atoms. The van der Waals surface area contributed by atoms with Crippen LogP contribution < -0.4 is 21.3 Å². The van der Waals surface area contributed by atoms with E-state index in [9.17, 15) is 32.7 Å². The lowest BCUT2D eigenvalue weighted by Crippen LogP contribution is -2.65. The first-order valence-electron chi connectivity index (χ1n) is 21.5. The van der Waals surface area contributed by atoms with Crippen LogP contribution in [0.3, 0.4) is 0 Å². The largest absolute Gasteiger partial charge is 0.395 e. The predicted molar refractivity (Wildman–Crippen MR) is 215 cm³/mol. The number of piperidine rings is 1. The Labute approximate surface area is 334 Å². The van der Waals surface area contributed by atoms with E-state index in [1.54, 1.807) is 4.90 Å². The van der Waals surface area contributed by atoms with Crippen molar-refractivity contribution in [2.75, 3.05) is 25.4 Å². The maximum absolute atomic E-state index is 15.0. The molecule has 1 saturated heterocycles. The number of sulfone groups is 1. The first-order chi connectivity index (χ1) is 26.5. The Balaban J connectivity index is 1.40. The number of unbranched alkanes of at least 4 members (excludes halogenated alkanes) is 1. The molecule has 0 aromatic heterocycles. The summed E-state index contributed by atoms with van der Waals surface area (Å²) in [7, 11) is -3.82. The third-order valence-electron chi connectivity index (χ3n) is 14.5. The van der Waals surface area contributed by atoms with Crippen LogP contribution in [0.4, 0.5) is 4.79 Å². The first kappa shape index (κ1) is 44.1. The van der Waals surface area contributed by atoms with Gasteiger partial charge in [-0.1, -0.05) is 104 Å². The van der Waals surface area contributed by atoms with E-state index in [0.29, 0.717) is 51.5 Å². The molecule has 13 nitrogen and oxygen atoms in total. The third-order valence-corrected chi connectivity index (χ3v) is 17.2. The molecular weight excluding hydrogens is 735 g/mol. The van der Waals surface area contributed by atoms with E-state index in [1.807, 2.05) is 13.8 Å². The number of nitrogens with zero attached hydrogens (tertiary/aromatic N) is 1. The van der Waals surface area contributed by atoms with Crippen molar-refractivity contribution in [3.63, 3.8) is 0 Å². The Kier molecular flexibility index (Phi) is 14.1. The van der Waals surface area contributed by atoms with E-state index in [1.165, 1.54) is 6.08 Å². The normalized spacial score (nSPS) is 27.1. The zero-order chi connectivity index (χ0) is 40.9. The molecule has 5 fully saturated rings. The average Bonchev–Trinajstić information content (AvgIpc) is 3.47. The van der Waals surface area contributed by atoms with Crippen LogP contribution in [0.1, 0.15) is 143 Å². The van der Waals surface area contributed by atoms with Crippen LogP contribution in [0.5, 0.6) is 0 Å². The number of ketones is 1. The van der Waals surface area contributed by atoms with Crippen LogP contribution in [0.25, 0.3) is 0 Å². The van der Waals surface area contributed by atoms with Crippen molar-refractivity contribution in [3.8, 4) is 0 Å². The second-order valence-electron chi connectivity index (χ2n) is 18.7. The van der Waals surface area contributed by atoms with Crippen LogP contribution >= 0.6 is 0 Å². The summed E-state index contributed by atoms with van der Waals surface area (Å²) in [5, 5.41) is 22.0. The van der Waals surface area contributed by atoms with Gasteiger partial charge in [-0.05, 0) is 67.6 Å². The van der Waals surface area contributed by atoms with Crippen molar-refractivity contribution in [2.45, 2.75) is 172 Å². The molecule has 316 valence electrons. The molecule has 56 heavy (non-hydrogen) atoms. The number of likely N-dealkylation sites (tertiary alicyclic amines) is 1. The van der Waals surface area contributed by atoms with Gasteiger partial charge in [0.25, 0.3) is 5.91 Å². The quantitative estimate of drug-likeness (QED) is 0.105. The molecule has 5 N–H and O–H groups in total. The molecule has 5 aliphatic rings. The van der Waals surface area contributed by atoms with Crippen LogP contribution in [-0.2, 0) is 29.0 Å². The van der Waals surface area contributed by atoms with Crippen LogP contribution in [0.15, 0.2) is 12.7 Å². The molecule has 4 saturated carbocycles. The number of carbonyl (C=O) groups excluding carboxylic acids is 5. The fourth-order valence-electron chi connectivity index (χ4n) is 10.7. The highest BCUT2D eigenvalue weighted by Gasteiger charge is 2.70. The van der Waals surface area contributed by atoms with Gasteiger partial charge in [0.05, 0.1) is 28.7 Å². The summed E-state index contributed by atoms with van der Waals surface area (Å²) >= 11 is 0. The molecular formula is C42H69N5O8S. The zero-order valence-corrected chi connectivity index (χ0v) is 35.2. The Bertz CT molecular complexity index is 1580. The number of aliphatic hydroxyl groups is 1. The summed E-state index contributed by atoms with van der Waals surface area (Å²) in [6.07, 6.45) is 13.9. The minimum Gasteiger partial charge on any atom is -0.395 e. The number of urea groups is 1. The summed E-state index contributed by atoms with van der Waals surface area (Å²) in [4.78, 5) is 71.2. The third kappa shape index (κ3) is 9.16. The number of amides is 5. The van der Waals surface area contributed by atoms with Crippen molar-refractivity contribution in [1.82, 2.24) is 26.2 Å². The Morgan fingerprint density at radius 1 is 0.875 bits per heavy atom. The second-order valence-corrected chi connectivity index (χ2v) is 21.1. The van der Waals surface area contributed by atoms with Gasteiger partial charge >= 0.3 is 6.03 Å². The van der Waals surface area contributed by atoms with Gasteiger partial charge in [-0.15, -0.1) is 6.58 Å². The lowest BCUT2D eigenvalue weighted by Gasteiger charge is -2.45. The molecule has 5 amide bonds. The van der Waals surface area contributed by atoms with Crippen LogP contribution in [-0.4, -0.2) is 102 Å². The summed E-state index contributed by atoms with van der Waals surface area (Å²) in [6, 6.07) is -3.53. The van der Waals surface area contributed by atoms with E-state index >= 15 is 4.79 Å². The fraction of sp³-hybridized carbons (Fsp3) is 0.833. The summed E-state index contributed by atoms with van der Waals surface area (Å²) in [6.45, 7) is 11.7. The summed E-state index contributed by atoms with van der Waals surface area (Å²) in [5.41, 5.74) is -1.88. The topological polar surface area (TPSA) is 191 Å². The molecule has 5 atom stereocenters. The summed E-state index contributed by atoms with van der Waals surface area (Å²) in [5.74, 6) is -2.76. The smallest absolute Gasteiger partial charge is 0.315 e. The number of hydrogen-bond acceptors (Lipinski definition) is 8. The highest BCUT2D eigenvalue weighted by atomic mass is 32.2. The number of nitrogens with one attached hydrogen (secondary N) is 4. The fourth-order valence-corrected chi connectivity index (χ4v) is 13.2. The number of hydrogen-bond donors (Lipinski definition) is 5. The Hall–Kier alpha value is -3.00. The van der Waals surface area contributed by atoms with E-state index in [4.69, 9.17) is 0 Å². The van der Waals surface area contributed by atoms with Crippen LogP contribution in [0, 0.1) is 22.7 Å². The van der Waals surface area contributed by atoms with Gasteiger partial charge in [0.15, 0.2) is 9.84 Å². The molecule has 0 unspecified atom stereocenters. The van der Waals surface area contributed by atoms with Crippen molar-refractivity contribution in [1.29, 1.82) is 0 Å². The molecule has 4 aliphatic carbocycles. The van der Waals surface area contributed by atoms with Gasteiger partial charge < -0.3 is 31.3 Å². The zero-order valence-electron chi connectivity index (χ0n) is 34.4. The van der Waals surface area contributed by atoms with Crippen molar-refractivity contribution in [3.05, 3.63) is 12.7 Å². The number of aliphatic hydroxyl groups excluding tert-OH is 1. The Morgan fingerprint density at radius 3 is 2.04 bits per heavy atom. The Morgan fingerprint density at radius 2 is 1.46 bits per heavy atom. The maximum Gasteiger partial charge on any atom is 0.315 e. The number of carbonyl (C=O) groups is 5. The molecule has 5 rings (SSSR count). The van der Waals surface area contributed by atoms with Gasteiger partial charge in [0.2, 0.25) is 17.6 Å². The molecule has 1 heterocycles. The molecule has 1 aliphatic heterocycles. The maximum atomic E-state index is 15.0. The molecule has 0 aromatic carbocycles. The van der Waals surface area contributed by atoms with Crippen LogP contribution in [0.2, 0.25) is 0 Å². The van der Waals surface area contributed by atoms with Gasteiger partial charge in [-0.3, -0.25) is 19.2 Å². The highest BCUT2D eigenvalue weighted by Crippen LogP contribution is 2.65. The highest BCUT2D eigenvalue weighted by molar-refractivity contribution is 7.92. The van der Waals surface area contributed by atoms with Gasteiger partial charge in [-0.25, -0.2) is 13.2 Å². The number of rotatable bonds is 17. The van der Waals surface area contributed by atoms with Crippen molar-refractivity contribution < 1.29 is 37.5 Å². The molecule has 0 bridgehead atoms. The van der Waals surface area contributed by atoms with Crippen molar-refractivity contribution >= 4 is 39.4 Å². The van der Waals surface area contributed by atoms with E-state index in [-0.39, 0.29) is 41.9 Å². The molecule has 0 radical (unpaired) electrons. The van der Waals surface area contributed by atoms with E-state index < -0.39 is 73.9 Å². The first-order valence-corrected chi connectivity index (χ1v) is 23.1. The lowest BCUT2D eigenvalue weighted by atomic mass is 9.70. The standard InChI is InChI=1S/C42H69N5O8S/c1-6-8-18-30(33(49)36(51)43-25-7-2)44-35(50)32-31-29(39(31,3)4)26-47(32)37(52)34(40(5)19-12-9-13-20-40)45-38(53)46-41(21-14-10-15-22-41)28-56(54,55)42(27-48)23-16-11-17-24-42/h7,29-32,34,48H,2,6,8-28H2,1,3-5H3,(H,43,51)(H,44,50)(H2,45,46,53)/t29-,30-,31-,32-,34+/m0/s1. The predicted octanol–water partition coefficient (Wildman–Crippen LogP) is 4.47. The average molecular weight is 804 g/mol. The SMILES string of the molecule is C=CCNC(=O)C(=O)[C@H](CCCC)NC(=O)[C@@H]1[C@@H]2[C@H](CN1C(=O)[C@@H](NC(=O)NC1(CS(=O)(=O)C3(CO)CCCCC3)CCCCC1)C1(C)CCCCC1)C2(C)C. The van der Waals surface area contributed by atoms with Gasteiger partial charge in [-0.2, -0.15) is 0 Å². The molecule has 14 heteroatoms. The van der Waals surface area contributed by atoms with Crippen molar-refractivity contribution in [2.24, 2.45) is 22.7 Å². The monoisotopic (exact) mass is 803 g/mol. The molecule has 0 aromatic rings. The minimum atomic E-state index is -3.82. The second kappa shape index (κ2) is 17.9. The number of Topliss-reactive ketones (excluding diaryl/α,β-unsaturated/α-hetero) is 1. The van der Waals surface area contributed by atoms with Gasteiger partial charge in [0, 0.05) is 13.1 Å². The van der Waals surface area contributed by atoms with E-state index in [0.717, 1.165) is 64.2 Å². The van der Waals surface area contributed by atoms with Gasteiger partial charge in [0.1, 0.15) is 12.1 Å². The summed E-state index contributed by atoms with van der Waals surface area (Å²) < 4.78 is 27.1. The minimum absolute atomic E-state index is 0.0471. The number of fused-ring (bicyclic) bond motifs is 1. The van der Waals surface area contributed by atoms with E-state index in [2.05, 4.69) is 41.7 Å². The lowest BCUT2D eigenvalue weighted by molar-refractivity contribution is -0.146.